The van der Waals surface area contributed by atoms with Gasteiger partial charge >= 0.3 is 5.97 Å². The topological polar surface area (TPSA) is 46.6 Å². The molecule has 0 bridgehead atoms. The molecule has 0 spiro atoms. The van der Waals surface area contributed by atoms with Crippen molar-refractivity contribution < 1.29 is 18.7 Å². The zero-order chi connectivity index (χ0) is 19.3. The van der Waals surface area contributed by atoms with Crippen molar-refractivity contribution in [2.24, 2.45) is 0 Å². The maximum absolute atomic E-state index is 14.5. The van der Waals surface area contributed by atoms with E-state index in [2.05, 4.69) is 0 Å². The predicted molar refractivity (Wildman–Crippen MR) is 100 cm³/mol. The molecule has 27 heavy (non-hydrogen) atoms. The highest BCUT2D eigenvalue weighted by Crippen LogP contribution is 2.44. The fourth-order valence-electron chi connectivity index (χ4n) is 3.92. The van der Waals surface area contributed by atoms with Crippen LogP contribution in [-0.4, -0.2) is 18.5 Å². The molecule has 1 atom stereocenters. The van der Waals surface area contributed by atoms with Crippen LogP contribution in [0.25, 0.3) is 0 Å². The summed E-state index contributed by atoms with van der Waals surface area (Å²) in [5.41, 5.74) is 3.63. The minimum atomic E-state index is -0.752. The van der Waals surface area contributed by atoms with Crippen molar-refractivity contribution in [3.8, 4) is 0 Å². The number of halogens is 2. The van der Waals surface area contributed by atoms with E-state index in [4.69, 9.17) is 16.3 Å². The highest BCUT2D eigenvalue weighted by Gasteiger charge is 2.44. The summed E-state index contributed by atoms with van der Waals surface area (Å²) in [5, 5.41) is 0.194. The summed E-state index contributed by atoms with van der Waals surface area (Å²) < 4.78 is 19.7. The number of hydrogen-bond acceptors (Lipinski definition) is 3. The van der Waals surface area contributed by atoms with Crippen LogP contribution in [0.4, 0.5) is 10.1 Å². The number of cyclic esters (lactones) is 1. The second kappa shape index (κ2) is 6.50. The van der Waals surface area contributed by atoms with Crippen LogP contribution in [0.2, 0.25) is 5.02 Å². The van der Waals surface area contributed by atoms with Crippen molar-refractivity contribution in [1.29, 1.82) is 0 Å². The van der Waals surface area contributed by atoms with Crippen molar-refractivity contribution in [2.75, 3.05) is 11.5 Å². The first-order chi connectivity index (χ1) is 12.9. The fourth-order valence-corrected chi connectivity index (χ4v) is 4.22. The van der Waals surface area contributed by atoms with Gasteiger partial charge in [-0.25, -0.2) is 9.18 Å². The van der Waals surface area contributed by atoms with E-state index < -0.39 is 17.7 Å². The fraction of sp³-hybridized carbons (Fsp3) is 0.238. The van der Waals surface area contributed by atoms with Crippen LogP contribution >= 0.6 is 11.6 Å². The van der Waals surface area contributed by atoms with Gasteiger partial charge in [0.15, 0.2) is 0 Å². The Hall–Kier alpha value is -2.66. The van der Waals surface area contributed by atoms with E-state index in [1.54, 1.807) is 6.07 Å². The summed E-state index contributed by atoms with van der Waals surface area (Å²) in [4.78, 5) is 27.0. The number of anilines is 1. The average Bonchev–Trinajstić information content (AvgIpc) is 2.95. The molecule has 138 valence electrons. The Morgan fingerprint density at radius 2 is 1.85 bits per heavy atom. The van der Waals surface area contributed by atoms with Crippen LogP contribution in [0, 0.1) is 19.7 Å². The summed E-state index contributed by atoms with van der Waals surface area (Å²) in [6, 6.07) is 10.1. The molecule has 0 saturated heterocycles. The van der Waals surface area contributed by atoms with Crippen LogP contribution in [0.5, 0.6) is 0 Å². The molecule has 0 N–H and O–H groups in total. The zero-order valence-corrected chi connectivity index (χ0v) is 15.6. The summed E-state index contributed by atoms with van der Waals surface area (Å²) in [6.07, 6.45) is -0.0540. The number of amides is 1. The van der Waals surface area contributed by atoms with Gasteiger partial charge in [-0.1, -0.05) is 23.7 Å². The summed E-state index contributed by atoms with van der Waals surface area (Å²) in [7, 11) is 0. The number of ether oxygens (including phenoxy) is 1. The molecule has 0 aromatic heterocycles. The van der Waals surface area contributed by atoms with Crippen molar-refractivity contribution >= 4 is 29.2 Å². The normalized spacial score (nSPS) is 19.4. The molecular weight excluding hydrogens is 369 g/mol. The van der Waals surface area contributed by atoms with Crippen LogP contribution in [0.15, 0.2) is 47.7 Å². The molecule has 1 amide bonds. The number of carbonyl (C=O) groups excluding carboxylic acids is 2. The van der Waals surface area contributed by atoms with Gasteiger partial charge in [0.1, 0.15) is 12.4 Å². The number of nitrogens with zero attached hydrogens (tertiary/aromatic N) is 1. The number of benzene rings is 2. The molecule has 0 radical (unpaired) electrons. The van der Waals surface area contributed by atoms with E-state index in [1.165, 1.54) is 17.0 Å². The van der Waals surface area contributed by atoms with Gasteiger partial charge in [-0.15, -0.1) is 0 Å². The lowest BCUT2D eigenvalue weighted by molar-refractivity contribution is -0.136. The van der Waals surface area contributed by atoms with Crippen LogP contribution in [-0.2, 0) is 14.3 Å². The van der Waals surface area contributed by atoms with Crippen molar-refractivity contribution in [1.82, 2.24) is 0 Å². The predicted octanol–water partition coefficient (Wildman–Crippen LogP) is 4.43. The van der Waals surface area contributed by atoms with Gasteiger partial charge in [0, 0.05) is 28.6 Å². The number of carbonyl (C=O) groups is 2. The number of rotatable bonds is 2. The lowest BCUT2D eigenvalue weighted by Gasteiger charge is -2.32. The third-order valence-corrected chi connectivity index (χ3v) is 5.26. The lowest BCUT2D eigenvalue weighted by atomic mass is 9.83. The Kier molecular flexibility index (Phi) is 4.27. The molecule has 0 saturated carbocycles. The first-order valence-corrected chi connectivity index (χ1v) is 9.00. The van der Waals surface area contributed by atoms with E-state index in [9.17, 15) is 14.0 Å². The van der Waals surface area contributed by atoms with Gasteiger partial charge in [-0.2, -0.15) is 0 Å². The Labute approximate surface area is 161 Å². The molecule has 6 heteroatoms. The third kappa shape index (κ3) is 2.92. The molecule has 4 rings (SSSR count). The molecule has 2 aliphatic rings. The summed E-state index contributed by atoms with van der Waals surface area (Å²) in [6.45, 7) is 3.87. The molecule has 2 aromatic carbocycles. The van der Waals surface area contributed by atoms with Crippen LogP contribution < -0.4 is 4.90 Å². The standard InChI is InChI=1S/C21H17ClFNO3/c1-11-6-12(2)8-13(7-11)24-17-10-27-21(26)20(17)14(9-18(24)25)19-15(22)4-3-5-16(19)23/h3-8,14H,9-10H2,1-2H3/t14-/m1/s1. The minimum absolute atomic E-state index is 0.0184. The highest BCUT2D eigenvalue weighted by atomic mass is 35.5. The largest absolute Gasteiger partial charge is 0.456 e. The number of aryl methyl sites for hydroxylation is 2. The monoisotopic (exact) mass is 385 g/mol. The maximum atomic E-state index is 14.5. The van der Waals surface area contributed by atoms with Gasteiger partial charge in [0.2, 0.25) is 5.91 Å². The van der Waals surface area contributed by atoms with Gasteiger partial charge < -0.3 is 4.74 Å². The molecule has 2 heterocycles. The van der Waals surface area contributed by atoms with Crippen molar-refractivity contribution in [3.63, 3.8) is 0 Å². The van der Waals surface area contributed by atoms with Gasteiger partial charge in [-0.05, 0) is 49.2 Å². The van der Waals surface area contributed by atoms with E-state index in [0.717, 1.165) is 11.1 Å². The second-order valence-corrected chi connectivity index (χ2v) is 7.31. The Morgan fingerprint density at radius 1 is 1.15 bits per heavy atom. The molecule has 4 nitrogen and oxygen atoms in total. The molecule has 0 aliphatic carbocycles. The van der Waals surface area contributed by atoms with Gasteiger partial charge in [-0.3, -0.25) is 9.69 Å². The SMILES string of the molecule is Cc1cc(C)cc(N2C(=O)C[C@H](c3c(F)cccc3Cl)C3=C2COC3=O)c1. The second-order valence-electron chi connectivity index (χ2n) is 6.90. The minimum Gasteiger partial charge on any atom is -0.456 e. The van der Waals surface area contributed by atoms with Crippen LogP contribution in [0.1, 0.15) is 29.0 Å². The highest BCUT2D eigenvalue weighted by molar-refractivity contribution is 6.31. The van der Waals surface area contributed by atoms with Gasteiger partial charge in [0.25, 0.3) is 0 Å². The molecule has 0 fully saturated rings. The Bertz CT molecular complexity index is 974. The molecule has 0 unspecified atom stereocenters. The molecule has 2 aromatic rings. The number of esters is 1. The maximum Gasteiger partial charge on any atom is 0.336 e. The van der Waals surface area contributed by atoms with E-state index in [0.29, 0.717) is 17.0 Å². The smallest absolute Gasteiger partial charge is 0.336 e. The first kappa shape index (κ1) is 17.7. The van der Waals surface area contributed by atoms with E-state index in [-0.39, 0.29) is 29.5 Å². The van der Waals surface area contributed by atoms with Gasteiger partial charge in [0.05, 0.1) is 11.3 Å². The zero-order valence-electron chi connectivity index (χ0n) is 14.9. The Morgan fingerprint density at radius 3 is 2.52 bits per heavy atom. The number of hydrogen-bond donors (Lipinski definition) is 0. The lowest BCUT2D eigenvalue weighted by Crippen LogP contribution is -2.37. The van der Waals surface area contributed by atoms with E-state index >= 15 is 0 Å². The van der Waals surface area contributed by atoms with Crippen LogP contribution in [0.3, 0.4) is 0 Å². The summed E-state index contributed by atoms with van der Waals surface area (Å²) in [5.74, 6) is -2.04. The van der Waals surface area contributed by atoms with Crippen molar-refractivity contribution in [3.05, 3.63) is 75.2 Å². The summed E-state index contributed by atoms with van der Waals surface area (Å²) >= 11 is 6.20. The average molecular weight is 386 g/mol. The Balaban J connectivity index is 1.89. The molecule has 2 aliphatic heterocycles. The van der Waals surface area contributed by atoms with E-state index in [1.807, 2.05) is 32.0 Å². The quantitative estimate of drug-likeness (QED) is 0.718. The molecular formula is C21H17ClFNO3. The first-order valence-electron chi connectivity index (χ1n) is 8.62. The van der Waals surface area contributed by atoms with Crippen molar-refractivity contribution in [2.45, 2.75) is 26.2 Å². The third-order valence-electron chi connectivity index (χ3n) is 4.93.